The minimum atomic E-state index is 0.735. The summed E-state index contributed by atoms with van der Waals surface area (Å²) in [6, 6.07) is 0.735. The van der Waals surface area contributed by atoms with Gasteiger partial charge in [0.2, 0.25) is 0 Å². The maximum atomic E-state index is 4.43. The van der Waals surface area contributed by atoms with Gasteiger partial charge in [-0.25, -0.2) is 5.32 Å². The second kappa shape index (κ2) is 2.30. The second-order valence-electron chi connectivity index (χ2n) is 3.18. The van der Waals surface area contributed by atoms with E-state index in [2.05, 4.69) is 11.9 Å². The van der Waals surface area contributed by atoms with Crippen LogP contribution >= 0.6 is 0 Å². The van der Waals surface area contributed by atoms with E-state index in [1.54, 1.807) is 0 Å². The second-order valence-corrected chi connectivity index (χ2v) is 3.18. The highest BCUT2D eigenvalue weighted by molar-refractivity contribution is 4.91. The summed E-state index contributed by atoms with van der Waals surface area (Å²) >= 11 is 0. The van der Waals surface area contributed by atoms with Crippen LogP contribution in [0.4, 0.5) is 0 Å². The Bertz CT molecular complexity index is 88.7. The molecule has 0 aromatic carbocycles. The molecule has 2 rings (SSSR count). The highest BCUT2D eigenvalue weighted by Gasteiger charge is 2.29. The molecule has 1 aliphatic carbocycles. The lowest BCUT2D eigenvalue weighted by atomic mass is 9.86. The SMILES string of the molecule is [CH]1CC2CCCCC2[N]1. The fourth-order valence-corrected chi connectivity index (χ4v) is 1.99. The van der Waals surface area contributed by atoms with Crippen molar-refractivity contribution >= 4 is 0 Å². The van der Waals surface area contributed by atoms with Crippen LogP contribution in [0.25, 0.3) is 0 Å². The number of rotatable bonds is 0. The molecule has 0 amide bonds. The first-order valence-corrected chi connectivity index (χ1v) is 3.98. The van der Waals surface area contributed by atoms with Gasteiger partial charge in [-0.15, -0.1) is 0 Å². The number of hydrogen-bond acceptors (Lipinski definition) is 0. The lowest BCUT2D eigenvalue weighted by Gasteiger charge is -2.23. The summed E-state index contributed by atoms with van der Waals surface area (Å²) in [5.74, 6) is 0.943. The predicted octanol–water partition coefficient (Wildman–Crippen LogP) is 1.72. The standard InChI is InChI=1S/C8H13N/c1-2-4-8-7(3-1)5-6-9-8/h6-8H,1-5H2. The number of hydrogen-bond donors (Lipinski definition) is 0. The van der Waals surface area contributed by atoms with Crippen molar-refractivity contribution in [2.75, 3.05) is 0 Å². The monoisotopic (exact) mass is 123 g/mol. The molecule has 2 aliphatic rings. The van der Waals surface area contributed by atoms with Crippen LogP contribution in [-0.4, -0.2) is 6.04 Å². The van der Waals surface area contributed by atoms with Gasteiger partial charge in [-0.05, 0) is 25.2 Å². The molecule has 0 N–H and O–H groups in total. The summed E-state index contributed by atoms with van der Waals surface area (Å²) in [4.78, 5) is 0. The van der Waals surface area contributed by atoms with Gasteiger partial charge in [-0.2, -0.15) is 0 Å². The van der Waals surface area contributed by atoms with Crippen molar-refractivity contribution in [3.8, 4) is 0 Å². The van der Waals surface area contributed by atoms with Gasteiger partial charge in [-0.1, -0.05) is 12.8 Å². The smallest absolute Gasteiger partial charge is 0.0422 e. The lowest BCUT2D eigenvalue weighted by Crippen LogP contribution is -2.24. The summed E-state index contributed by atoms with van der Waals surface area (Å²) in [7, 11) is 0. The van der Waals surface area contributed by atoms with Gasteiger partial charge in [0.15, 0.2) is 0 Å². The Morgan fingerprint density at radius 2 is 2.11 bits per heavy atom. The van der Waals surface area contributed by atoms with Crippen LogP contribution in [0.1, 0.15) is 32.1 Å². The zero-order valence-corrected chi connectivity index (χ0v) is 5.71. The van der Waals surface area contributed by atoms with Gasteiger partial charge in [0, 0.05) is 12.6 Å². The summed E-state index contributed by atoms with van der Waals surface area (Å²) < 4.78 is 0. The molecule has 1 heterocycles. The first-order chi connectivity index (χ1) is 4.47. The average molecular weight is 123 g/mol. The summed E-state index contributed by atoms with van der Waals surface area (Å²) in [6.07, 6.45) is 6.93. The van der Waals surface area contributed by atoms with E-state index in [9.17, 15) is 0 Å². The molecule has 50 valence electrons. The summed E-state index contributed by atoms with van der Waals surface area (Å²) in [5.41, 5.74) is 0. The molecule has 1 saturated heterocycles. The molecule has 2 radical (unpaired) electrons. The third kappa shape index (κ3) is 0.983. The molecule has 0 spiro atoms. The maximum Gasteiger partial charge on any atom is 0.0422 e. The van der Waals surface area contributed by atoms with Crippen molar-refractivity contribution in [1.29, 1.82) is 0 Å². The number of nitrogens with zero attached hydrogens (tertiary/aromatic N) is 1. The Morgan fingerprint density at radius 3 is 3.00 bits per heavy atom. The molecule has 0 bridgehead atoms. The minimum absolute atomic E-state index is 0.735. The van der Waals surface area contributed by atoms with Crippen LogP contribution < -0.4 is 5.32 Å². The van der Waals surface area contributed by atoms with Crippen LogP contribution in [0.5, 0.6) is 0 Å². The van der Waals surface area contributed by atoms with Gasteiger partial charge in [0.1, 0.15) is 0 Å². The van der Waals surface area contributed by atoms with E-state index in [4.69, 9.17) is 0 Å². The Balaban J connectivity index is 1.97. The first kappa shape index (κ1) is 5.72. The largest absolute Gasteiger partial charge is 0.233 e. The molecule has 2 unspecified atom stereocenters. The van der Waals surface area contributed by atoms with Crippen LogP contribution in [0, 0.1) is 12.5 Å². The average Bonchev–Trinajstić information content (AvgIpc) is 2.33. The Hall–Kier alpha value is -0.0400. The highest BCUT2D eigenvalue weighted by atomic mass is 15.0. The van der Waals surface area contributed by atoms with Crippen molar-refractivity contribution in [3.05, 3.63) is 6.54 Å². The molecule has 1 saturated carbocycles. The fraction of sp³-hybridized carbons (Fsp3) is 0.875. The molecule has 2 fully saturated rings. The third-order valence-electron chi connectivity index (χ3n) is 2.57. The molecule has 0 aromatic heterocycles. The van der Waals surface area contributed by atoms with Gasteiger partial charge >= 0.3 is 0 Å². The molecule has 0 aromatic rings. The summed E-state index contributed by atoms with van der Waals surface area (Å²) in [5, 5.41) is 4.43. The van der Waals surface area contributed by atoms with E-state index in [0.717, 1.165) is 12.0 Å². The quantitative estimate of drug-likeness (QED) is 0.465. The predicted molar refractivity (Wildman–Crippen MR) is 36.8 cm³/mol. The zero-order chi connectivity index (χ0) is 6.10. The van der Waals surface area contributed by atoms with Crippen LogP contribution in [-0.2, 0) is 0 Å². The topological polar surface area (TPSA) is 14.1 Å². The molecular formula is C8H13N. The van der Waals surface area contributed by atoms with E-state index < -0.39 is 0 Å². The molecule has 1 heteroatoms. The lowest BCUT2D eigenvalue weighted by molar-refractivity contribution is 0.323. The minimum Gasteiger partial charge on any atom is -0.233 e. The van der Waals surface area contributed by atoms with Crippen molar-refractivity contribution < 1.29 is 0 Å². The normalized spacial score (nSPS) is 42.7. The molecular weight excluding hydrogens is 110 g/mol. The van der Waals surface area contributed by atoms with Gasteiger partial charge < -0.3 is 0 Å². The third-order valence-corrected chi connectivity index (χ3v) is 2.57. The Morgan fingerprint density at radius 1 is 1.22 bits per heavy atom. The Labute approximate surface area is 56.8 Å². The fourth-order valence-electron chi connectivity index (χ4n) is 1.99. The van der Waals surface area contributed by atoms with Crippen LogP contribution in [0.2, 0.25) is 0 Å². The molecule has 1 aliphatic heterocycles. The van der Waals surface area contributed by atoms with E-state index >= 15 is 0 Å². The van der Waals surface area contributed by atoms with Crippen molar-refractivity contribution in [2.45, 2.75) is 38.1 Å². The van der Waals surface area contributed by atoms with E-state index in [1.807, 2.05) is 0 Å². The molecule has 2 atom stereocenters. The maximum absolute atomic E-state index is 4.43. The molecule has 9 heavy (non-hydrogen) atoms. The van der Waals surface area contributed by atoms with E-state index in [1.165, 1.54) is 32.1 Å². The van der Waals surface area contributed by atoms with Crippen molar-refractivity contribution in [1.82, 2.24) is 5.32 Å². The van der Waals surface area contributed by atoms with Crippen molar-refractivity contribution in [3.63, 3.8) is 0 Å². The van der Waals surface area contributed by atoms with Crippen LogP contribution in [0.3, 0.4) is 0 Å². The first-order valence-electron chi connectivity index (χ1n) is 3.98. The van der Waals surface area contributed by atoms with Gasteiger partial charge in [-0.3, -0.25) is 0 Å². The highest BCUT2D eigenvalue weighted by Crippen LogP contribution is 2.32. The molecule has 1 nitrogen and oxygen atoms in total. The van der Waals surface area contributed by atoms with Gasteiger partial charge in [0.25, 0.3) is 0 Å². The van der Waals surface area contributed by atoms with Crippen molar-refractivity contribution in [2.24, 2.45) is 5.92 Å². The summed E-state index contributed by atoms with van der Waals surface area (Å²) in [6.45, 7) is 2.13. The van der Waals surface area contributed by atoms with Crippen LogP contribution in [0.15, 0.2) is 0 Å². The van der Waals surface area contributed by atoms with E-state index in [0.29, 0.717) is 0 Å². The number of fused-ring (bicyclic) bond motifs is 1. The zero-order valence-electron chi connectivity index (χ0n) is 5.71. The van der Waals surface area contributed by atoms with Gasteiger partial charge in [0.05, 0.1) is 0 Å². The van der Waals surface area contributed by atoms with E-state index in [-0.39, 0.29) is 0 Å². The Kier molecular flexibility index (Phi) is 1.46.